The van der Waals surface area contributed by atoms with E-state index >= 15 is 0 Å². The summed E-state index contributed by atoms with van der Waals surface area (Å²) in [7, 11) is 4.33. The highest BCUT2D eigenvalue weighted by Gasteiger charge is 2.27. The molecule has 0 aromatic heterocycles. The van der Waals surface area contributed by atoms with E-state index in [9.17, 15) is 0 Å². The molecule has 0 spiro atoms. The molecule has 0 aliphatic heterocycles. The van der Waals surface area contributed by atoms with E-state index in [1.807, 2.05) is 0 Å². The molecule has 0 fully saturated rings. The lowest BCUT2D eigenvalue weighted by atomic mass is 9.81. The third-order valence-electron chi connectivity index (χ3n) is 4.33. The Morgan fingerprint density at radius 3 is 1.22 bits per heavy atom. The predicted molar refractivity (Wildman–Crippen MR) is 97.6 cm³/mol. The Morgan fingerprint density at radius 2 is 0.870 bits per heavy atom. The quantitative estimate of drug-likeness (QED) is 0.632. The molecule has 1 atom stereocenters. The van der Waals surface area contributed by atoms with Crippen molar-refractivity contribution in [2.75, 3.05) is 14.1 Å². The van der Waals surface area contributed by atoms with Crippen molar-refractivity contribution in [3.8, 4) is 0 Å². The van der Waals surface area contributed by atoms with Crippen LogP contribution in [0.1, 0.15) is 28.7 Å². The van der Waals surface area contributed by atoms with Crippen LogP contribution in [0.15, 0.2) is 91.0 Å². The maximum absolute atomic E-state index is 2.32. The van der Waals surface area contributed by atoms with Crippen LogP contribution in [0.5, 0.6) is 0 Å². The lowest BCUT2D eigenvalue weighted by Gasteiger charge is -2.33. The van der Waals surface area contributed by atoms with Crippen LogP contribution in [0, 0.1) is 0 Å². The van der Waals surface area contributed by atoms with E-state index in [-0.39, 0.29) is 0 Å². The molecule has 0 saturated carbocycles. The molecule has 0 radical (unpaired) electrons. The average Bonchev–Trinajstić information content (AvgIpc) is 2.61. The molecule has 23 heavy (non-hydrogen) atoms. The molecule has 1 heteroatoms. The fraction of sp³-hybridized carbons (Fsp3) is 0.182. The Hall–Kier alpha value is -2.38. The van der Waals surface area contributed by atoms with Gasteiger partial charge in [0.1, 0.15) is 0 Å². The number of hydrogen-bond donors (Lipinski definition) is 0. The maximum atomic E-state index is 2.32. The van der Waals surface area contributed by atoms with E-state index < -0.39 is 0 Å². The number of nitrogens with zero attached hydrogens (tertiary/aromatic N) is 1. The molecule has 0 amide bonds. The van der Waals surface area contributed by atoms with E-state index in [0.29, 0.717) is 12.0 Å². The molecule has 3 aromatic carbocycles. The molecular weight excluding hydrogens is 278 g/mol. The molecule has 0 aliphatic rings. The number of rotatable bonds is 5. The van der Waals surface area contributed by atoms with Gasteiger partial charge in [0.2, 0.25) is 0 Å². The molecule has 116 valence electrons. The van der Waals surface area contributed by atoms with Gasteiger partial charge in [-0.2, -0.15) is 0 Å². The standard InChI is InChI=1S/C22H23N/c1-23(2)22(20-16-10-5-11-17-20)21(18-12-6-3-7-13-18)19-14-8-4-9-15-19/h3-17,21-22H,1-2H3. The first-order chi connectivity index (χ1) is 11.3. The molecule has 0 N–H and O–H groups in total. The smallest absolute Gasteiger partial charge is 0.0451 e. The topological polar surface area (TPSA) is 3.24 Å². The SMILES string of the molecule is CN(C)C(c1ccccc1)C(c1ccccc1)c1ccccc1. The normalized spacial score (nSPS) is 12.5. The molecule has 3 aromatic rings. The lowest BCUT2D eigenvalue weighted by Crippen LogP contribution is -2.27. The second kappa shape index (κ2) is 7.26. The van der Waals surface area contributed by atoms with E-state index in [1.54, 1.807) is 0 Å². The summed E-state index contributed by atoms with van der Waals surface area (Å²) in [5, 5.41) is 0. The third-order valence-corrected chi connectivity index (χ3v) is 4.33. The minimum absolute atomic E-state index is 0.293. The summed E-state index contributed by atoms with van der Waals surface area (Å²) < 4.78 is 0. The van der Waals surface area contributed by atoms with Gasteiger partial charge in [0.25, 0.3) is 0 Å². The first-order valence-corrected chi connectivity index (χ1v) is 8.08. The number of benzene rings is 3. The van der Waals surface area contributed by atoms with Crippen LogP contribution in [-0.4, -0.2) is 19.0 Å². The largest absolute Gasteiger partial charge is 0.301 e. The zero-order valence-corrected chi connectivity index (χ0v) is 13.8. The number of hydrogen-bond acceptors (Lipinski definition) is 1. The van der Waals surface area contributed by atoms with Crippen molar-refractivity contribution in [2.45, 2.75) is 12.0 Å². The van der Waals surface area contributed by atoms with Crippen LogP contribution in [0.25, 0.3) is 0 Å². The number of likely N-dealkylation sites (N-methyl/N-ethyl adjacent to an activating group) is 1. The Bertz CT molecular complexity index is 665. The highest BCUT2D eigenvalue weighted by molar-refractivity contribution is 5.37. The Balaban J connectivity index is 2.13. The highest BCUT2D eigenvalue weighted by Crippen LogP contribution is 2.39. The predicted octanol–water partition coefficient (Wildman–Crippen LogP) is 5.12. The van der Waals surface area contributed by atoms with Crippen LogP contribution >= 0.6 is 0 Å². The van der Waals surface area contributed by atoms with Crippen molar-refractivity contribution in [2.24, 2.45) is 0 Å². The Kier molecular flexibility index (Phi) is 4.89. The fourth-order valence-electron chi connectivity index (χ4n) is 3.32. The second-order valence-corrected chi connectivity index (χ2v) is 6.12. The molecular formula is C22H23N. The van der Waals surface area contributed by atoms with Crippen LogP contribution in [-0.2, 0) is 0 Å². The Morgan fingerprint density at radius 1 is 0.522 bits per heavy atom. The van der Waals surface area contributed by atoms with E-state index in [1.165, 1.54) is 16.7 Å². The van der Waals surface area contributed by atoms with Crippen LogP contribution in [0.3, 0.4) is 0 Å². The zero-order valence-electron chi connectivity index (χ0n) is 13.8. The van der Waals surface area contributed by atoms with Gasteiger partial charge in [0.05, 0.1) is 0 Å². The summed E-state index contributed by atoms with van der Waals surface area (Å²) in [6, 6.07) is 32.7. The molecule has 1 unspecified atom stereocenters. The van der Waals surface area contributed by atoms with Gasteiger partial charge in [0.15, 0.2) is 0 Å². The molecule has 1 nitrogen and oxygen atoms in total. The summed E-state index contributed by atoms with van der Waals surface area (Å²) in [5.41, 5.74) is 4.04. The van der Waals surface area contributed by atoms with Gasteiger partial charge < -0.3 is 4.90 Å². The van der Waals surface area contributed by atoms with Gasteiger partial charge in [-0.25, -0.2) is 0 Å². The third kappa shape index (κ3) is 3.52. The minimum Gasteiger partial charge on any atom is -0.301 e. The van der Waals surface area contributed by atoms with Crippen molar-refractivity contribution >= 4 is 0 Å². The van der Waals surface area contributed by atoms with Gasteiger partial charge >= 0.3 is 0 Å². The summed E-state index contributed by atoms with van der Waals surface area (Å²) in [5.74, 6) is 0.301. The molecule has 0 bridgehead atoms. The monoisotopic (exact) mass is 301 g/mol. The van der Waals surface area contributed by atoms with Crippen molar-refractivity contribution in [1.29, 1.82) is 0 Å². The molecule has 0 aliphatic carbocycles. The second-order valence-electron chi connectivity index (χ2n) is 6.12. The van der Waals surface area contributed by atoms with Gasteiger partial charge in [-0.3, -0.25) is 0 Å². The maximum Gasteiger partial charge on any atom is 0.0451 e. The summed E-state index contributed by atoms with van der Waals surface area (Å²) in [4.78, 5) is 2.32. The minimum atomic E-state index is 0.293. The lowest BCUT2D eigenvalue weighted by molar-refractivity contribution is 0.274. The summed E-state index contributed by atoms with van der Waals surface area (Å²) >= 11 is 0. The summed E-state index contributed by atoms with van der Waals surface area (Å²) in [6.45, 7) is 0. The molecule has 3 rings (SSSR count). The van der Waals surface area contributed by atoms with E-state index in [2.05, 4.69) is 110 Å². The first-order valence-electron chi connectivity index (χ1n) is 8.08. The zero-order chi connectivity index (χ0) is 16.1. The average molecular weight is 301 g/mol. The van der Waals surface area contributed by atoms with Crippen molar-refractivity contribution in [3.63, 3.8) is 0 Å². The van der Waals surface area contributed by atoms with Crippen LogP contribution in [0.2, 0.25) is 0 Å². The molecule has 0 heterocycles. The summed E-state index contributed by atoms with van der Waals surface area (Å²) in [6.07, 6.45) is 0. The van der Waals surface area contributed by atoms with Gasteiger partial charge in [0, 0.05) is 12.0 Å². The van der Waals surface area contributed by atoms with Gasteiger partial charge in [-0.05, 0) is 30.8 Å². The van der Waals surface area contributed by atoms with Gasteiger partial charge in [-0.1, -0.05) is 91.0 Å². The van der Waals surface area contributed by atoms with Crippen LogP contribution < -0.4 is 0 Å². The van der Waals surface area contributed by atoms with E-state index in [0.717, 1.165) is 0 Å². The van der Waals surface area contributed by atoms with Gasteiger partial charge in [-0.15, -0.1) is 0 Å². The van der Waals surface area contributed by atoms with Crippen LogP contribution in [0.4, 0.5) is 0 Å². The molecule has 0 saturated heterocycles. The van der Waals surface area contributed by atoms with Crippen molar-refractivity contribution < 1.29 is 0 Å². The fourth-order valence-corrected chi connectivity index (χ4v) is 3.32. The van der Waals surface area contributed by atoms with Crippen molar-refractivity contribution in [3.05, 3.63) is 108 Å². The Labute approximate surface area is 139 Å². The van der Waals surface area contributed by atoms with Crippen molar-refractivity contribution in [1.82, 2.24) is 4.90 Å². The highest BCUT2D eigenvalue weighted by atomic mass is 15.1. The van der Waals surface area contributed by atoms with E-state index in [4.69, 9.17) is 0 Å². The first kappa shape index (κ1) is 15.5.